The van der Waals surface area contributed by atoms with Crippen molar-refractivity contribution in [1.29, 1.82) is 0 Å². The average molecular weight is 298 g/mol. The van der Waals surface area contributed by atoms with E-state index in [-0.39, 0.29) is 24.4 Å². The van der Waals surface area contributed by atoms with Crippen LogP contribution in [0.5, 0.6) is 5.75 Å². The summed E-state index contributed by atoms with van der Waals surface area (Å²) in [7, 11) is 1.61. The van der Waals surface area contributed by atoms with Crippen molar-refractivity contribution in [2.45, 2.75) is 19.4 Å². The summed E-state index contributed by atoms with van der Waals surface area (Å²) < 4.78 is 23.6. The van der Waals surface area contributed by atoms with Crippen molar-refractivity contribution < 1.29 is 18.7 Å². The summed E-state index contributed by atoms with van der Waals surface area (Å²) in [5, 5.41) is 5.74. The van der Waals surface area contributed by atoms with Gasteiger partial charge in [0.05, 0.1) is 19.7 Å². The van der Waals surface area contributed by atoms with Gasteiger partial charge in [0.15, 0.2) is 0 Å². The van der Waals surface area contributed by atoms with Crippen molar-refractivity contribution in [2.75, 3.05) is 33.4 Å². The minimum Gasteiger partial charge on any atom is -0.489 e. The zero-order valence-electron chi connectivity index (χ0n) is 12.5. The maximum atomic E-state index is 13.1. The number of methoxy groups -OCH3 is 1. The minimum absolute atomic E-state index is 0.104. The van der Waals surface area contributed by atoms with E-state index < -0.39 is 0 Å². The zero-order valence-corrected chi connectivity index (χ0v) is 12.5. The molecule has 0 heterocycles. The Bertz CT molecular complexity index is 429. The Hall–Kier alpha value is -1.66. The highest BCUT2D eigenvalue weighted by Crippen LogP contribution is 2.14. The number of hydrogen-bond donors (Lipinski definition) is 2. The number of halogens is 1. The first kappa shape index (κ1) is 17.4. The van der Waals surface area contributed by atoms with Crippen LogP contribution in [0.4, 0.5) is 4.39 Å². The van der Waals surface area contributed by atoms with Crippen LogP contribution < -0.4 is 15.4 Å². The third-order valence-corrected chi connectivity index (χ3v) is 2.85. The molecule has 6 heteroatoms. The molecule has 0 radical (unpaired) electrons. The first-order valence-corrected chi connectivity index (χ1v) is 7.04. The number of carbonyl (C=O) groups excluding carboxylic acids is 1. The fourth-order valence-electron chi connectivity index (χ4n) is 1.67. The predicted molar refractivity (Wildman–Crippen MR) is 78.9 cm³/mol. The van der Waals surface area contributed by atoms with E-state index >= 15 is 0 Å². The van der Waals surface area contributed by atoms with Gasteiger partial charge in [-0.05, 0) is 18.6 Å². The number of nitrogens with one attached hydrogen (secondary N) is 2. The Morgan fingerprint density at radius 2 is 2.24 bits per heavy atom. The average Bonchev–Trinajstić information content (AvgIpc) is 2.48. The van der Waals surface area contributed by atoms with Crippen molar-refractivity contribution in [3.63, 3.8) is 0 Å². The molecular formula is C15H23FN2O3. The van der Waals surface area contributed by atoms with Gasteiger partial charge in [-0.2, -0.15) is 0 Å². The quantitative estimate of drug-likeness (QED) is 0.640. The van der Waals surface area contributed by atoms with Crippen LogP contribution in [-0.4, -0.2) is 45.4 Å². The highest BCUT2D eigenvalue weighted by atomic mass is 19.1. The van der Waals surface area contributed by atoms with Crippen LogP contribution in [0.3, 0.4) is 0 Å². The minimum atomic E-state index is -0.339. The molecule has 0 saturated carbocycles. The molecule has 0 aliphatic heterocycles. The number of carbonyl (C=O) groups is 1. The van der Waals surface area contributed by atoms with E-state index in [9.17, 15) is 9.18 Å². The first-order valence-electron chi connectivity index (χ1n) is 7.04. The van der Waals surface area contributed by atoms with E-state index in [1.54, 1.807) is 19.2 Å². The Balaban J connectivity index is 2.29. The molecule has 0 saturated heterocycles. The van der Waals surface area contributed by atoms with E-state index in [2.05, 4.69) is 10.6 Å². The maximum absolute atomic E-state index is 13.1. The largest absolute Gasteiger partial charge is 0.489 e. The smallest absolute Gasteiger partial charge is 0.234 e. The molecular weight excluding hydrogens is 275 g/mol. The number of benzene rings is 1. The normalized spacial score (nSPS) is 12.0. The molecule has 0 aliphatic rings. The molecule has 1 aromatic carbocycles. The Morgan fingerprint density at radius 1 is 1.43 bits per heavy atom. The van der Waals surface area contributed by atoms with Crippen molar-refractivity contribution in [3.05, 3.63) is 30.1 Å². The van der Waals surface area contributed by atoms with Crippen molar-refractivity contribution in [3.8, 4) is 5.75 Å². The number of hydrogen-bond acceptors (Lipinski definition) is 4. The highest BCUT2D eigenvalue weighted by Gasteiger charge is 2.10. The van der Waals surface area contributed by atoms with Crippen LogP contribution in [0.25, 0.3) is 0 Å². The summed E-state index contributed by atoms with van der Waals surface area (Å²) in [6.07, 6.45) is 0.531. The number of amides is 1. The summed E-state index contributed by atoms with van der Waals surface area (Å²) in [6.45, 7) is 3.76. The van der Waals surface area contributed by atoms with Gasteiger partial charge >= 0.3 is 0 Å². The third kappa shape index (κ3) is 7.63. The molecule has 21 heavy (non-hydrogen) atoms. The fourth-order valence-corrected chi connectivity index (χ4v) is 1.67. The standard InChI is InChI=1S/C15H23FN2O3/c1-3-13(21-14-6-4-5-12(16)9-14)10-18-15(19)11-17-7-8-20-2/h4-6,9,13,17H,3,7-8,10-11H2,1-2H3,(H,18,19). The number of rotatable bonds is 10. The van der Waals surface area contributed by atoms with Gasteiger partial charge in [0.1, 0.15) is 17.7 Å². The molecule has 1 unspecified atom stereocenters. The van der Waals surface area contributed by atoms with Crippen LogP contribution in [0.2, 0.25) is 0 Å². The van der Waals surface area contributed by atoms with E-state index in [1.165, 1.54) is 12.1 Å². The van der Waals surface area contributed by atoms with Gasteiger partial charge in [-0.3, -0.25) is 4.79 Å². The van der Waals surface area contributed by atoms with E-state index in [1.807, 2.05) is 6.92 Å². The van der Waals surface area contributed by atoms with Gasteiger partial charge < -0.3 is 20.1 Å². The van der Waals surface area contributed by atoms with Crippen LogP contribution in [0, 0.1) is 5.82 Å². The van der Waals surface area contributed by atoms with Gasteiger partial charge in [-0.15, -0.1) is 0 Å². The Labute approximate surface area is 124 Å². The lowest BCUT2D eigenvalue weighted by Crippen LogP contribution is -2.40. The summed E-state index contributed by atoms with van der Waals surface area (Å²) in [5.74, 6) is 0.0236. The van der Waals surface area contributed by atoms with Gasteiger partial charge in [0.25, 0.3) is 0 Å². The summed E-state index contributed by atoms with van der Waals surface area (Å²) in [4.78, 5) is 11.6. The van der Waals surface area contributed by atoms with Gasteiger partial charge in [-0.25, -0.2) is 4.39 Å². The van der Waals surface area contributed by atoms with Crippen molar-refractivity contribution in [2.24, 2.45) is 0 Å². The lowest BCUT2D eigenvalue weighted by atomic mass is 10.2. The molecule has 1 amide bonds. The van der Waals surface area contributed by atoms with E-state index in [0.29, 0.717) is 31.9 Å². The van der Waals surface area contributed by atoms with Crippen molar-refractivity contribution in [1.82, 2.24) is 10.6 Å². The van der Waals surface area contributed by atoms with Crippen LogP contribution in [-0.2, 0) is 9.53 Å². The summed E-state index contributed by atoms with van der Waals surface area (Å²) in [5.41, 5.74) is 0. The van der Waals surface area contributed by atoms with Gasteiger partial charge in [-0.1, -0.05) is 13.0 Å². The maximum Gasteiger partial charge on any atom is 0.234 e. The molecule has 2 N–H and O–H groups in total. The zero-order chi connectivity index (χ0) is 15.5. The fraction of sp³-hybridized carbons (Fsp3) is 0.533. The van der Waals surface area contributed by atoms with Crippen molar-refractivity contribution >= 4 is 5.91 Å². The molecule has 1 atom stereocenters. The third-order valence-electron chi connectivity index (χ3n) is 2.85. The summed E-state index contributed by atoms with van der Waals surface area (Å²) in [6, 6.07) is 5.98. The molecule has 0 bridgehead atoms. The second kappa shape index (κ2) is 10.1. The van der Waals surface area contributed by atoms with Crippen LogP contribution in [0.1, 0.15) is 13.3 Å². The molecule has 0 aromatic heterocycles. The Morgan fingerprint density at radius 3 is 2.90 bits per heavy atom. The van der Waals surface area contributed by atoms with Crippen LogP contribution >= 0.6 is 0 Å². The molecule has 5 nitrogen and oxygen atoms in total. The second-order valence-corrected chi connectivity index (χ2v) is 4.58. The Kier molecular flexibility index (Phi) is 8.38. The van der Waals surface area contributed by atoms with Gasteiger partial charge in [0, 0.05) is 19.7 Å². The van der Waals surface area contributed by atoms with E-state index in [4.69, 9.17) is 9.47 Å². The lowest BCUT2D eigenvalue weighted by Gasteiger charge is -2.18. The molecule has 1 rings (SSSR count). The monoisotopic (exact) mass is 298 g/mol. The van der Waals surface area contributed by atoms with Gasteiger partial charge in [0.2, 0.25) is 5.91 Å². The second-order valence-electron chi connectivity index (χ2n) is 4.58. The molecule has 0 aliphatic carbocycles. The topological polar surface area (TPSA) is 59.6 Å². The van der Waals surface area contributed by atoms with Crippen LogP contribution in [0.15, 0.2) is 24.3 Å². The molecule has 1 aromatic rings. The first-order chi connectivity index (χ1) is 10.2. The summed E-state index contributed by atoms with van der Waals surface area (Å²) >= 11 is 0. The molecule has 0 fully saturated rings. The SMILES string of the molecule is CCC(CNC(=O)CNCCOC)Oc1cccc(F)c1. The highest BCUT2D eigenvalue weighted by molar-refractivity contribution is 5.77. The molecule has 118 valence electrons. The van der Waals surface area contributed by atoms with E-state index in [0.717, 1.165) is 0 Å². The molecule has 0 spiro atoms. The predicted octanol–water partition coefficient (Wildman–Crippen LogP) is 1.34. The number of ether oxygens (including phenoxy) is 2. The lowest BCUT2D eigenvalue weighted by molar-refractivity contribution is -0.120.